The van der Waals surface area contributed by atoms with Gasteiger partial charge in [-0.15, -0.1) is 0 Å². The molecule has 0 bridgehead atoms. The van der Waals surface area contributed by atoms with Crippen LogP contribution in [0.4, 0.5) is 0 Å². The first kappa shape index (κ1) is 21.3. The second-order valence-electron chi connectivity index (χ2n) is 8.03. The Morgan fingerprint density at radius 3 is 1.06 bits per heavy atom. The van der Waals surface area contributed by atoms with Crippen LogP contribution in [-0.4, -0.2) is 20.4 Å². The summed E-state index contributed by atoms with van der Waals surface area (Å²) in [5, 5.41) is 39.7. The third kappa shape index (κ3) is 3.87. The Hall–Kier alpha value is -3.92. The van der Waals surface area contributed by atoms with Crippen LogP contribution in [0.1, 0.15) is 41.5 Å². The minimum absolute atomic E-state index is 0.178. The maximum Gasteiger partial charge on any atom is 0.115 e. The van der Waals surface area contributed by atoms with Gasteiger partial charge in [-0.2, -0.15) is 0 Å². The van der Waals surface area contributed by atoms with E-state index in [4.69, 9.17) is 0 Å². The third-order valence-corrected chi connectivity index (χ3v) is 6.27. The van der Waals surface area contributed by atoms with Gasteiger partial charge in [-0.1, -0.05) is 55.5 Å². The van der Waals surface area contributed by atoms with Crippen LogP contribution in [0.3, 0.4) is 0 Å². The topological polar surface area (TPSA) is 80.9 Å². The quantitative estimate of drug-likeness (QED) is 0.303. The number of phenols is 4. The number of aromatic hydroxyl groups is 4. The number of hydrogen-bond acceptors (Lipinski definition) is 4. The highest BCUT2D eigenvalue weighted by Gasteiger charge is 2.42. The second-order valence-corrected chi connectivity index (χ2v) is 8.03. The SMILES string of the molecule is CCC(c1ccc(O)cc1)(c1ccc(O)cc1)C(c1ccc(O)cc1)c1ccc(O)cc1. The van der Waals surface area contributed by atoms with E-state index in [-0.39, 0.29) is 28.9 Å². The summed E-state index contributed by atoms with van der Waals surface area (Å²) in [4.78, 5) is 0. The zero-order valence-corrected chi connectivity index (χ0v) is 17.8. The molecule has 0 heterocycles. The summed E-state index contributed by atoms with van der Waals surface area (Å²) in [7, 11) is 0. The van der Waals surface area contributed by atoms with Gasteiger partial charge in [0, 0.05) is 11.3 Å². The molecule has 4 aromatic rings. The Labute approximate surface area is 187 Å². The fraction of sp³-hybridized carbons (Fsp3) is 0.143. The van der Waals surface area contributed by atoms with Gasteiger partial charge in [0.2, 0.25) is 0 Å². The third-order valence-electron chi connectivity index (χ3n) is 6.27. The lowest BCUT2D eigenvalue weighted by Crippen LogP contribution is -2.35. The first-order valence-corrected chi connectivity index (χ1v) is 10.6. The van der Waals surface area contributed by atoms with Crippen molar-refractivity contribution in [2.24, 2.45) is 0 Å². The molecule has 4 rings (SSSR count). The van der Waals surface area contributed by atoms with Gasteiger partial charge in [-0.25, -0.2) is 0 Å². The van der Waals surface area contributed by atoms with Gasteiger partial charge in [-0.3, -0.25) is 0 Å². The standard InChI is InChI=1S/C28H26O4/c1-2-28(21-7-15-25(31)16-8-21,22-9-17-26(32)18-10-22)27(19-3-11-23(29)12-4-19)20-5-13-24(30)14-6-20/h3-18,27,29-32H,2H2,1H3. The molecule has 0 amide bonds. The number of hydrogen-bond donors (Lipinski definition) is 4. The Kier molecular flexibility index (Phi) is 5.78. The first-order valence-electron chi connectivity index (χ1n) is 10.6. The summed E-state index contributed by atoms with van der Waals surface area (Å²) in [6.45, 7) is 2.12. The largest absolute Gasteiger partial charge is 0.508 e. The highest BCUT2D eigenvalue weighted by atomic mass is 16.3. The Balaban J connectivity index is 2.05. The van der Waals surface area contributed by atoms with Gasteiger partial charge in [0.25, 0.3) is 0 Å². The van der Waals surface area contributed by atoms with Crippen molar-refractivity contribution in [2.45, 2.75) is 24.7 Å². The molecule has 4 heteroatoms. The van der Waals surface area contributed by atoms with Crippen molar-refractivity contribution >= 4 is 0 Å². The molecule has 0 saturated carbocycles. The zero-order valence-electron chi connectivity index (χ0n) is 17.8. The van der Waals surface area contributed by atoms with Crippen LogP contribution in [0.5, 0.6) is 23.0 Å². The zero-order chi connectivity index (χ0) is 22.7. The van der Waals surface area contributed by atoms with Gasteiger partial charge in [-0.05, 0) is 77.2 Å². The Morgan fingerprint density at radius 1 is 0.500 bits per heavy atom. The fourth-order valence-corrected chi connectivity index (χ4v) is 4.73. The van der Waals surface area contributed by atoms with E-state index < -0.39 is 5.41 Å². The Morgan fingerprint density at radius 2 is 0.781 bits per heavy atom. The average Bonchev–Trinajstić information content (AvgIpc) is 2.81. The molecule has 0 aliphatic rings. The van der Waals surface area contributed by atoms with Crippen LogP contribution >= 0.6 is 0 Å². The molecule has 0 atom stereocenters. The van der Waals surface area contributed by atoms with E-state index in [0.717, 1.165) is 28.7 Å². The van der Waals surface area contributed by atoms with Gasteiger partial charge >= 0.3 is 0 Å². The van der Waals surface area contributed by atoms with Crippen molar-refractivity contribution in [3.63, 3.8) is 0 Å². The van der Waals surface area contributed by atoms with Crippen molar-refractivity contribution < 1.29 is 20.4 Å². The molecule has 0 fully saturated rings. The highest BCUT2D eigenvalue weighted by Crippen LogP contribution is 2.51. The lowest BCUT2D eigenvalue weighted by Gasteiger charge is -2.42. The van der Waals surface area contributed by atoms with E-state index in [0.29, 0.717) is 0 Å². The van der Waals surface area contributed by atoms with E-state index in [2.05, 4.69) is 6.92 Å². The first-order chi connectivity index (χ1) is 15.4. The van der Waals surface area contributed by atoms with E-state index in [9.17, 15) is 20.4 Å². The number of rotatable bonds is 6. The molecule has 0 spiro atoms. The summed E-state index contributed by atoms with van der Waals surface area (Å²) >= 11 is 0. The second kappa shape index (κ2) is 8.67. The molecule has 4 nitrogen and oxygen atoms in total. The van der Waals surface area contributed by atoms with E-state index in [1.165, 1.54) is 0 Å². The van der Waals surface area contributed by atoms with Crippen molar-refractivity contribution in [3.8, 4) is 23.0 Å². The molecular formula is C28H26O4. The van der Waals surface area contributed by atoms with E-state index in [1.807, 2.05) is 48.5 Å². The van der Waals surface area contributed by atoms with Crippen LogP contribution in [0.2, 0.25) is 0 Å². The monoisotopic (exact) mass is 426 g/mol. The molecule has 0 aromatic heterocycles. The fourth-order valence-electron chi connectivity index (χ4n) is 4.73. The summed E-state index contributed by atoms with van der Waals surface area (Å²) in [5.41, 5.74) is 3.45. The molecule has 0 aliphatic heterocycles. The van der Waals surface area contributed by atoms with Gasteiger partial charge in [0.1, 0.15) is 23.0 Å². The maximum absolute atomic E-state index is 9.95. The van der Waals surface area contributed by atoms with Crippen LogP contribution in [0, 0.1) is 0 Å². The Bertz CT molecular complexity index is 1070. The minimum atomic E-state index is -0.560. The molecule has 162 valence electrons. The molecule has 0 saturated heterocycles. The number of benzene rings is 4. The summed E-state index contributed by atoms with van der Waals surface area (Å²) in [5.74, 6) is 0.581. The van der Waals surface area contributed by atoms with Crippen molar-refractivity contribution in [2.75, 3.05) is 0 Å². The summed E-state index contributed by atoms with van der Waals surface area (Å²) in [6, 6.07) is 28.8. The van der Waals surface area contributed by atoms with Crippen molar-refractivity contribution in [3.05, 3.63) is 119 Å². The van der Waals surface area contributed by atoms with Crippen LogP contribution in [-0.2, 0) is 5.41 Å². The predicted molar refractivity (Wildman–Crippen MR) is 125 cm³/mol. The average molecular weight is 427 g/mol. The molecule has 4 aromatic carbocycles. The van der Waals surface area contributed by atoms with Crippen LogP contribution < -0.4 is 0 Å². The van der Waals surface area contributed by atoms with Gasteiger partial charge < -0.3 is 20.4 Å². The summed E-state index contributed by atoms with van der Waals surface area (Å²) in [6.07, 6.45) is 0.717. The molecule has 4 N–H and O–H groups in total. The molecule has 0 aliphatic carbocycles. The highest BCUT2D eigenvalue weighted by molar-refractivity contribution is 5.52. The normalized spacial score (nSPS) is 11.6. The summed E-state index contributed by atoms with van der Waals surface area (Å²) < 4.78 is 0. The minimum Gasteiger partial charge on any atom is -0.508 e. The lowest BCUT2D eigenvalue weighted by molar-refractivity contribution is 0.429. The van der Waals surface area contributed by atoms with Crippen molar-refractivity contribution in [1.82, 2.24) is 0 Å². The van der Waals surface area contributed by atoms with Crippen LogP contribution in [0.15, 0.2) is 97.1 Å². The smallest absolute Gasteiger partial charge is 0.115 e. The molecule has 32 heavy (non-hydrogen) atoms. The van der Waals surface area contributed by atoms with Gasteiger partial charge in [0.05, 0.1) is 0 Å². The molecule has 0 unspecified atom stereocenters. The maximum atomic E-state index is 9.95. The van der Waals surface area contributed by atoms with Gasteiger partial charge in [0.15, 0.2) is 0 Å². The predicted octanol–water partition coefficient (Wildman–Crippen LogP) is 6.04. The van der Waals surface area contributed by atoms with E-state index in [1.54, 1.807) is 48.5 Å². The van der Waals surface area contributed by atoms with Crippen LogP contribution in [0.25, 0.3) is 0 Å². The van der Waals surface area contributed by atoms with Crippen molar-refractivity contribution in [1.29, 1.82) is 0 Å². The molecule has 0 radical (unpaired) electrons. The number of phenolic OH excluding ortho intramolecular Hbond substituents is 4. The van der Waals surface area contributed by atoms with E-state index >= 15 is 0 Å². The lowest BCUT2D eigenvalue weighted by atomic mass is 9.60. The molecular weight excluding hydrogens is 400 g/mol.